The summed E-state index contributed by atoms with van der Waals surface area (Å²) >= 11 is 1.13. The Morgan fingerprint density at radius 3 is 2.53 bits per heavy atom. The number of ether oxygens (including phenoxy) is 1. The monoisotopic (exact) mass is 277 g/mol. The Bertz CT molecular complexity index is 209. The van der Waals surface area contributed by atoms with Crippen molar-refractivity contribution in [3.63, 3.8) is 0 Å². The van der Waals surface area contributed by atoms with Crippen molar-refractivity contribution >= 4 is 27.4 Å². The fourth-order valence-corrected chi connectivity index (χ4v) is 1.93. The minimum atomic E-state index is -0.167. The summed E-state index contributed by atoms with van der Waals surface area (Å²) in [4.78, 5) is 22.1. The molecule has 1 N–H and O–H groups in total. The van der Waals surface area contributed by atoms with Crippen LogP contribution in [0.15, 0.2) is 0 Å². The predicted octanol–water partition coefficient (Wildman–Crippen LogP) is -0.142. The number of carbonyl (C=O) groups excluding carboxylic acids is 2. The SMILES string of the molecule is CCOC(=O)CCCNC(CC)C(=O)[AsH2]. The summed E-state index contributed by atoms with van der Waals surface area (Å²) in [5, 5.41) is 3.12. The molecule has 88 valence electrons. The normalized spacial score (nSPS) is 12.2. The molecule has 0 aliphatic rings. The van der Waals surface area contributed by atoms with Crippen molar-refractivity contribution in [3.8, 4) is 0 Å². The van der Waals surface area contributed by atoms with E-state index in [-0.39, 0.29) is 16.6 Å². The summed E-state index contributed by atoms with van der Waals surface area (Å²) in [5.41, 5.74) is 0. The predicted molar refractivity (Wildman–Crippen MR) is 61.5 cm³/mol. The van der Waals surface area contributed by atoms with Gasteiger partial charge in [0.1, 0.15) is 0 Å². The van der Waals surface area contributed by atoms with Crippen molar-refractivity contribution in [2.45, 2.75) is 39.2 Å². The van der Waals surface area contributed by atoms with E-state index >= 15 is 0 Å². The van der Waals surface area contributed by atoms with Crippen molar-refractivity contribution in [3.05, 3.63) is 0 Å². The van der Waals surface area contributed by atoms with Crippen LogP contribution in [0.4, 0.5) is 0 Å². The van der Waals surface area contributed by atoms with Crippen molar-refractivity contribution in [2.24, 2.45) is 0 Å². The Morgan fingerprint density at radius 1 is 1.40 bits per heavy atom. The van der Waals surface area contributed by atoms with Crippen LogP contribution < -0.4 is 5.32 Å². The van der Waals surface area contributed by atoms with Crippen LogP contribution in [0.25, 0.3) is 0 Å². The van der Waals surface area contributed by atoms with Crippen LogP contribution in [-0.4, -0.2) is 46.6 Å². The molecule has 0 aromatic rings. The van der Waals surface area contributed by atoms with Gasteiger partial charge in [-0.05, 0) is 0 Å². The van der Waals surface area contributed by atoms with Gasteiger partial charge in [0.25, 0.3) is 0 Å². The number of nitrogens with one attached hydrogen (secondary N) is 1. The van der Waals surface area contributed by atoms with Gasteiger partial charge in [0.2, 0.25) is 0 Å². The second-order valence-electron chi connectivity index (χ2n) is 3.23. The molecule has 0 saturated heterocycles. The van der Waals surface area contributed by atoms with Crippen molar-refractivity contribution in [2.75, 3.05) is 13.2 Å². The second kappa shape index (κ2) is 8.93. The maximum absolute atomic E-state index is 11.1. The van der Waals surface area contributed by atoms with E-state index in [1.807, 2.05) is 6.92 Å². The summed E-state index contributed by atoms with van der Waals surface area (Å²) in [6.45, 7) is 4.88. The molecule has 0 heterocycles. The molecule has 0 spiro atoms. The molecule has 2 atom stereocenters. The van der Waals surface area contributed by atoms with E-state index in [1.165, 1.54) is 0 Å². The first-order chi connectivity index (χ1) is 7.11. The summed E-state index contributed by atoms with van der Waals surface area (Å²) in [7, 11) is 0. The number of hydrogen-bond donors (Lipinski definition) is 1. The molecule has 4 nitrogen and oxygen atoms in total. The topological polar surface area (TPSA) is 55.4 Å². The molecule has 0 rings (SSSR count). The van der Waals surface area contributed by atoms with Gasteiger partial charge >= 0.3 is 99.3 Å². The number of hydrogen-bond acceptors (Lipinski definition) is 4. The molecule has 0 aliphatic carbocycles. The molecule has 0 radical (unpaired) electrons. The van der Waals surface area contributed by atoms with Crippen LogP contribution in [0.2, 0.25) is 0 Å². The Labute approximate surface area is 99.6 Å². The second-order valence-corrected chi connectivity index (χ2v) is 4.42. The zero-order valence-electron chi connectivity index (χ0n) is 9.41. The van der Waals surface area contributed by atoms with Gasteiger partial charge in [0, 0.05) is 0 Å². The van der Waals surface area contributed by atoms with Crippen molar-refractivity contribution in [1.82, 2.24) is 5.32 Å². The maximum atomic E-state index is 11.1. The third-order valence-corrected chi connectivity index (χ3v) is 2.85. The van der Waals surface area contributed by atoms with E-state index < -0.39 is 0 Å². The first-order valence-electron chi connectivity index (χ1n) is 5.30. The van der Waals surface area contributed by atoms with Crippen LogP contribution in [0, 0.1) is 0 Å². The molecule has 0 fully saturated rings. The Balaban J connectivity index is 3.52. The fraction of sp³-hybridized carbons (Fsp3) is 0.800. The van der Waals surface area contributed by atoms with Crippen LogP contribution in [0.5, 0.6) is 0 Å². The third-order valence-electron chi connectivity index (χ3n) is 2.01. The van der Waals surface area contributed by atoms with E-state index in [9.17, 15) is 9.59 Å². The van der Waals surface area contributed by atoms with Gasteiger partial charge < -0.3 is 0 Å². The van der Waals surface area contributed by atoms with Gasteiger partial charge in [0.15, 0.2) is 0 Å². The quantitative estimate of drug-likeness (QED) is 0.381. The standard InChI is InChI=1S/C10H20AsNO3/c1-3-8(10(11)14)12-7-5-6-9(13)15-4-2/h8,12H,3-7,11H2,1-2H3. The van der Waals surface area contributed by atoms with Crippen molar-refractivity contribution in [1.29, 1.82) is 0 Å². The van der Waals surface area contributed by atoms with E-state index in [0.717, 1.165) is 29.7 Å². The van der Waals surface area contributed by atoms with Crippen molar-refractivity contribution < 1.29 is 14.3 Å². The minimum absolute atomic E-state index is 0.0489. The zero-order valence-corrected chi connectivity index (χ0v) is 11.8. The molecule has 0 bridgehead atoms. The summed E-state index contributed by atoms with van der Waals surface area (Å²) in [6.07, 6.45) is 1.94. The number of carbonyl (C=O) groups is 2. The Morgan fingerprint density at radius 2 is 2.07 bits per heavy atom. The molecular formula is C10H20AsNO3. The Hall–Kier alpha value is -0.342. The third kappa shape index (κ3) is 7.57. The van der Waals surface area contributed by atoms with Gasteiger partial charge in [-0.25, -0.2) is 0 Å². The summed E-state index contributed by atoms with van der Waals surface area (Å²) in [5.74, 6) is -0.167. The number of rotatable bonds is 8. The molecule has 2 unspecified atom stereocenters. The summed E-state index contributed by atoms with van der Waals surface area (Å²) in [6, 6.07) is -0.0489. The van der Waals surface area contributed by atoms with Gasteiger partial charge in [-0.3, -0.25) is 0 Å². The molecule has 15 heavy (non-hydrogen) atoms. The van der Waals surface area contributed by atoms with Gasteiger partial charge in [-0.2, -0.15) is 0 Å². The molecule has 0 aliphatic heterocycles. The van der Waals surface area contributed by atoms with Gasteiger partial charge in [0.05, 0.1) is 0 Å². The molecule has 0 aromatic heterocycles. The first kappa shape index (κ1) is 14.7. The average Bonchev–Trinajstić information content (AvgIpc) is 2.17. The molecule has 0 saturated carbocycles. The molecular weight excluding hydrogens is 257 g/mol. The molecule has 0 aromatic carbocycles. The van der Waals surface area contributed by atoms with E-state index in [2.05, 4.69) is 5.32 Å². The Kier molecular flexibility index (Phi) is 8.72. The number of esters is 1. The van der Waals surface area contributed by atoms with Crippen LogP contribution in [-0.2, 0) is 14.3 Å². The van der Waals surface area contributed by atoms with E-state index in [0.29, 0.717) is 19.6 Å². The molecule has 0 amide bonds. The average molecular weight is 277 g/mol. The van der Waals surface area contributed by atoms with E-state index in [1.54, 1.807) is 6.92 Å². The van der Waals surface area contributed by atoms with Crippen LogP contribution in [0.1, 0.15) is 33.1 Å². The molecule has 5 heteroatoms. The zero-order chi connectivity index (χ0) is 11.7. The van der Waals surface area contributed by atoms with E-state index in [4.69, 9.17) is 4.74 Å². The van der Waals surface area contributed by atoms with Crippen LogP contribution in [0.3, 0.4) is 0 Å². The van der Waals surface area contributed by atoms with Gasteiger partial charge in [-0.1, -0.05) is 0 Å². The fourth-order valence-electron chi connectivity index (χ4n) is 1.19. The van der Waals surface area contributed by atoms with Gasteiger partial charge in [-0.15, -0.1) is 0 Å². The summed E-state index contributed by atoms with van der Waals surface area (Å²) < 4.78 is 5.00. The van der Waals surface area contributed by atoms with Crippen LogP contribution >= 0.6 is 0 Å². The first-order valence-corrected chi connectivity index (χ1v) is 6.51.